The highest BCUT2D eigenvalue weighted by atomic mass is 35.5. The molecule has 0 spiro atoms. The van der Waals surface area contributed by atoms with Gasteiger partial charge in [-0.2, -0.15) is 0 Å². The zero-order chi connectivity index (χ0) is 9.80. The second kappa shape index (κ2) is 6.38. The fraction of sp³-hybridized carbons (Fsp3) is 0.455. The Morgan fingerprint density at radius 1 is 1.27 bits per heavy atom. The molecule has 2 atom stereocenters. The van der Waals surface area contributed by atoms with Gasteiger partial charge in [-0.1, -0.05) is 18.2 Å². The van der Waals surface area contributed by atoms with Gasteiger partial charge < -0.3 is 10.4 Å². The third kappa shape index (κ3) is 3.68. The summed E-state index contributed by atoms with van der Waals surface area (Å²) in [6.07, 6.45) is -0.161. The predicted octanol–water partition coefficient (Wildman–Crippen LogP) is 1.78. The third-order valence-electron chi connectivity index (χ3n) is 2.51. The quantitative estimate of drug-likeness (QED) is 0.797. The van der Waals surface area contributed by atoms with Crippen molar-refractivity contribution in [2.75, 3.05) is 18.8 Å². The number of thioether (sulfide) groups is 1. The van der Waals surface area contributed by atoms with E-state index in [0.29, 0.717) is 5.92 Å². The first-order valence-electron chi connectivity index (χ1n) is 4.93. The number of β-amino-alcohol motifs (C(OH)–C–C–N with tert-alkyl or cyclic N) is 1. The lowest BCUT2D eigenvalue weighted by Crippen LogP contribution is -2.19. The SMILES string of the molecule is Cl.O[C@H]1CNC[C@@H]1CSc1ccccc1. The van der Waals surface area contributed by atoms with Crippen LogP contribution in [0.4, 0.5) is 0 Å². The Balaban J connectivity index is 0.00000112. The van der Waals surface area contributed by atoms with Gasteiger partial charge in [-0.25, -0.2) is 0 Å². The molecule has 2 rings (SSSR count). The van der Waals surface area contributed by atoms with Gasteiger partial charge in [0.1, 0.15) is 0 Å². The van der Waals surface area contributed by atoms with Crippen LogP contribution < -0.4 is 5.32 Å². The van der Waals surface area contributed by atoms with Crippen LogP contribution in [0.25, 0.3) is 0 Å². The number of hydrogen-bond acceptors (Lipinski definition) is 3. The van der Waals surface area contributed by atoms with E-state index >= 15 is 0 Å². The van der Waals surface area contributed by atoms with Crippen molar-refractivity contribution in [2.24, 2.45) is 5.92 Å². The molecule has 0 unspecified atom stereocenters. The number of aliphatic hydroxyl groups excluding tert-OH is 1. The summed E-state index contributed by atoms with van der Waals surface area (Å²) in [4.78, 5) is 1.28. The van der Waals surface area contributed by atoms with Crippen LogP contribution in [-0.4, -0.2) is 30.1 Å². The molecule has 84 valence electrons. The van der Waals surface area contributed by atoms with E-state index < -0.39 is 0 Å². The molecule has 0 saturated carbocycles. The van der Waals surface area contributed by atoms with E-state index in [9.17, 15) is 5.11 Å². The maximum atomic E-state index is 9.59. The molecule has 1 fully saturated rings. The highest BCUT2D eigenvalue weighted by Crippen LogP contribution is 2.22. The van der Waals surface area contributed by atoms with E-state index in [1.165, 1.54) is 4.90 Å². The molecule has 1 saturated heterocycles. The van der Waals surface area contributed by atoms with Crippen LogP contribution in [0.2, 0.25) is 0 Å². The second-order valence-electron chi connectivity index (χ2n) is 3.61. The summed E-state index contributed by atoms with van der Waals surface area (Å²) in [5, 5.41) is 12.8. The second-order valence-corrected chi connectivity index (χ2v) is 4.70. The zero-order valence-electron chi connectivity index (χ0n) is 8.43. The van der Waals surface area contributed by atoms with Gasteiger partial charge in [0, 0.05) is 29.7 Å². The molecule has 1 aliphatic heterocycles. The van der Waals surface area contributed by atoms with Gasteiger partial charge in [0.05, 0.1) is 6.10 Å². The lowest BCUT2D eigenvalue weighted by atomic mass is 10.1. The molecule has 1 heterocycles. The molecular formula is C11H16ClNOS. The Bertz CT molecular complexity index is 283. The predicted molar refractivity (Wildman–Crippen MR) is 66.8 cm³/mol. The topological polar surface area (TPSA) is 32.3 Å². The first-order chi connectivity index (χ1) is 6.86. The molecular weight excluding hydrogens is 230 g/mol. The summed E-state index contributed by atoms with van der Waals surface area (Å²) >= 11 is 1.82. The van der Waals surface area contributed by atoms with Crippen LogP contribution in [0.5, 0.6) is 0 Å². The molecule has 1 aromatic carbocycles. The Labute approximate surface area is 101 Å². The van der Waals surface area contributed by atoms with Crippen molar-refractivity contribution in [2.45, 2.75) is 11.0 Å². The first-order valence-corrected chi connectivity index (χ1v) is 5.91. The van der Waals surface area contributed by atoms with Gasteiger partial charge in [0.2, 0.25) is 0 Å². The van der Waals surface area contributed by atoms with E-state index in [1.807, 2.05) is 30.0 Å². The average Bonchev–Trinajstić information content (AvgIpc) is 2.63. The lowest BCUT2D eigenvalue weighted by molar-refractivity contribution is 0.158. The number of aliphatic hydroxyl groups is 1. The highest BCUT2D eigenvalue weighted by Gasteiger charge is 2.24. The first kappa shape index (κ1) is 12.8. The van der Waals surface area contributed by atoms with Crippen LogP contribution in [0.3, 0.4) is 0 Å². The summed E-state index contributed by atoms with van der Waals surface area (Å²) in [6, 6.07) is 10.3. The van der Waals surface area contributed by atoms with Crippen molar-refractivity contribution in [3.05, 3.63) is 30.3 Å². The Morgan fingerprint density at radius 3 is 2.60 bits per heavy atom. The normalized spacial score (nSPS) is 24.9. The third-order valence-corrected chi connectivity index (χ3v) is 3.71. The van der Waals surface area contributed by atoms with Crippen LogP contribution >= 0.6 is 24.2 Å². The summed E-state index contributed by atoms with van der Waals surface area (Å²) < 4.78 is 0. The van der Waals surface area contributed by atoms with Crippen molar-refractivity contribution >= 4 is 24.2 Å². The van der Waals surface area contributed by atoms with E-state index in [0.717, 1.165) is 18.8 Å². The van der Waals surface area contributed by atoms with Crippen LogP contribution in [0.15, 0.2) is 35.2 Å². The molecule has 2 N–H and O–H groups in total. The Morgan fingerprint density at radius 2 is 2.00 bits per heavy atom. The van der Waals surface area contributed by atoms with Crippen LogP contribution in [0.1, 0.15) is 0 Å². The van der Waals surface area contributed by atoms with Gasteiger partial charge in [-0.05, 0) is 12.1 Å². The van der Waals surface area contributed by atoms with Crippen molar-refractivity contribution < 1.29 is 5.11 Å². The fourth-order valence-electron chi connectivity index (χ4n) is 1.61. The number of nitrogens with one attached hydrogen (secondary N) is 1. The number of rotatable bonds is 3. The van der Waals surface area contributed by atoms with Gasteiger partial charge in [0.15, 0.2) is 0 Å². The van der Waals surface area contributed by atoms with E-state index in [2.05, 4.69) is 17.4 Å². The summed E-state index contributed by atoms with van der Waals surface area (Å²) in [7, 11) is 0. The number of hydrogen-bond donors (Lipinski definition) is 2. The maximum Gasteiger partial charge on any atom is 0.0712 e. The van der Waals surface area contributed by atoms with E-state index in [1.54, 1.807) is 0 Å². The van der Waals surface area contributed by atoms with Gasteiger partial charge in [0.25, 0.3) is 0 Å². The molecule has 4 heteroatoms. The molecule has 0 bridgehead atoms. The minimum absolute atomic E-state index is 0. The van der Waals surface area contributed by atoms with Crippen molar-refractivity contribution in [1.82, 2.24) is 5.32 Å². The number of benzene rings is 1. The van der Waals surface area contributed by atoms with Gasteiger partial charge in [-0.15, -0.1) is 24.2 Å². The molecule has 0 amide bonds. The van der Waals surface area contributed by atoms with Gasteiger partial charge >= 0.3 is 0 Å². The van der Waals surface area contributed by atoms with E-state index in [4.69, 9.17) is 0 Å². The smallest absolute Gasteiger partial charge is 0.0712 e. The summed E-state index contributed by atoms with van der Waals surface area (Å²) in [5.74, 6) is 1.40. The Hall–Kier alpha value is -0.220. The van der Waals surface area contributed by atoms with Gasteiger partial charge in [-0.3, -0.25) is 0 Å². The molecule has 0 aromatic heterocycles. The van der Waals surface area contributed by atoms with Crippen molar-refractivity contribution in [3.63, 3.8) is 0 Å². The molecule has 0 radical (unpaired) electrons. The molecule has 0 aliphatic carbocycles. The molecule has 2 nitrogen and oxygen atoms in total. The van der Waals surface area contributed by atoms with Crippen molar-refractivity contribution in [1.29, 1.82) is 0 Å². The minimum atomic E-state index is -0.161. The standard InChI is InChI=1S/C11H15NOS.ClH/c13-11-7-12-6-9(11)8-14-10-4-2-1-3-5-10;/h1-5,9,11-13H,6-8H2;1H/t9-,11+;/m1./s1. The lowest BCUT2D eigenvalue weighted by Gasteiger charge is -2.12. The number of halogens is 1. The van der Waals surface area contributed by atoms with Crippen molar-refractivity contribution in [3.8, 4) is 0 Å². The molecule has 15 heavy (non-hydrogen) atoms. The van der Waals surface area contributed by atoms with Crippen LogP contribution in [0, 0.1) is 5.92 Å². The molecule has 1 aliphatic rings. The summed E-state index contributed by atoms with van der Waals surface area (Å²) in [5.41, 5.74) is 0. The Kier molecular flexibility index (Phi) is 5.47. The van der Waals surface area contributed by atoms with Crippen LogP contribution in [-0.2, 0) is 0 Å². The minimum Gasteiger partial charge on any atom is -0.391 e. The zero-order valence-corrected chi connectivity index (χ0v) is 10.1. The monoisotopic (exact) mass is 245 g/mol. The van der Waals surface area contributed by atoms with E-state index in [-0.39, 0.29) is 18.5 Å². The fourth-order valence-corrected chi connectivity index (χ4v) is 2.71. The molecule has 1 aromatic rings. The summed E-state index contributed by atoms with van der Waals surface area (Å²) in [6.45, 7) is 1.70. The highest BCUT2D eigenvalue weighted by molar-refractivity contribution is 7.99. The maximum absolute atomic E-state index is 9.59. The average molecular weight is 246 g/mol. The largest absolute Gasteiger partial charge is 0.391 e.